The van der Waals surface area contributed by atoms with E-state index in [-0.39, 0.29) is 12.5 Å². The van der Waals surface area contributed by atoms with Crippen molar-refractivity contribution in [1.29, 1.82) is 0 Å². The minimum absolute atomic E-state index is 0.149. The summed E-state index contributed by atoms with van der Waals surface area (Å²) in [4.78, 5) is 11.8. The average Bonchev–Trinajstić information content (AvgIpc) is 2.64. The number of amides is 1. The van der Waals surface area contributed by atoms with Gasteiger partial charge in [0.1, 0.15) is 5.75 Å². The second-order valence-corrected chi connectivity index (χ2v) is 5.95. The van der Waals surface area contributed by atoms with Crippen molar-refractivity contribution >= 4 is 23.7 Å². The Morgan fingerprint density at radius 1 is 1.12 bits per heavy atom. The fourth-order valence-corrected chi connectivity index (χ4v) is 2.39. The zero-order chi connectivity index (χ0) is 19.1. The zero-order valence-electron chi connectivity index (χ0n) is 15.1. The van der Waals surface area contributed by atoms with Crippen molar-refractivity contribution in [2.45, 2.75) is 13.8 Å². The first-order chi connectivity index (χ1) is 12.4. The number of methoxy groups -OCH3 is 2. The van der Waals surface area contributed by atoms with E-state index in [2.05, 4.69) is 10.5 Å². The zero-order valence-corrected chi connectivity index (χ0v) is 15.9. The second-order valence-electron chi connectivity index (χ2n) is 5.57. The minimum atomic E-state index is -0.369. The van der Waals surface area contributed by atoms with Gasteiger partial charge in [-0.1, -0.05) is 11.6 Å². The van der Waals surface area contributed by atoms with Crippen molar-refractivity contribution in [3.8, 4) is 17.2 Å². The highest BCUT2D eigenvalue weighted by atomic mass is 35.5. The SMILES string of the molecule is COc1ccc(/C=N\NC(=O)COc2cc(C)c(Cl)c(C)c2)cc1OC. The lowest BCUT2D eigenvalue weighted by atomic mass is 10.1. The van der Waals surface area contributed by atoms with Crippen LogP contribution in [-0.4, -0.2) is 32.9 Å². The van der Waals surface area contributed by atoms with Crippen LogP contribution in [0.15, 0.2) is 35.4 Å². The molecule has 2 aromatic rings. The van der Waals surface area contributed by atoms with Gasteiger partial charge in [0.05, 0.1) is 20.4 Å². The Balaban J connectivity index is 1.89. The van der Waals surface area contributed by atoms with Crippen LogP contribution in [0.25, 0.3) is 0 Å². The van der Waals surface area contributed by atoms with Crippen LogP contribution >= 0.6 is 11.6 Å². The molecule has 0 unspecified atom stereocenters. The number of nitrogens with zero attached hydrogens (tertiary/aromatic N) is 1. The Kier molecular flexibility index (Phi) is 6.86. The largest absolute Gasteiger partial charge is 0.493 e. The van der Waals surface area contributed by atoms with Gasteiger partial charge in [-0.05, 0) is 60.9 Å². The molecule has 0 aliphatic heterocycles. The lowest BCUT2D eigenvalue weighted by Gasteiger charge is -2.09. The van der Waals surface area contributed by atoms with E-state index in [0.29, 0.717) is 22.3 Å². The fourth-order valence-electron chi connectivity index (χ4n) is 2.28. The molecular weight excluding hydrogens is 356 g/mol. The van der Waals surface area contributed by atoms with Crippen molar-refractivity contribution in [2.75, 3.05) is 20.8 Å². The van der Waals surface area contributed by atoms with Gasteiger partial charge in [0, 0.05) is 5.02 Å². The average molecular weight is 377 g/mol. The standard InChI is InChI=1S/C19H21ClN2O4/c1-12-7-15(8-13(2)19(12)20)26-11-18(23)22-21-10-14-5-6-16(24-3)17(9-14)25-4/h5-10H,11H2,1-4H3,(H,22,23)/b21-10-. The molecule has 1 N–H and O–H groups in total. The molecule has 0 fully saturated rings. The van der Waals surface area contributed by atoms with Gasteiger partial charge in [-0.15, -0.1) is 0 Å². The first kappa shape index (κ1) is 19.6. The molecule has 26 heavy (non-hydrogen) atoms. The monoisotopic (exact) mass is 376 g/mol. The molecule has 1 amide bonds. The maximum Gasteiger partial charge on any atom is 0.277 e. The molecule has 7 heteroatoms. The Morgan fingerprint density at radius 3 is 2.38 bits per heavy atom. The highest BCUT2D eigenvalue weighted by Gasteiger charge is 2.06. The first-order valence-electron chi connectivity index (χ1n) is 7.88. The van der Waals surface area contributed by atoms with E-state index in [1.54, 1.807) is 44.6 Å². The molecule has 0 bridgehead atoms. The van der Waals surface area contributed by atoms with Crippen LogP contribution in [0.4, 0.5) is 0 Å². The molecule has 0 aliphatic rings. The Morgan fingerprint density at radius 2 is 1.77 bits per heavy atom. The van der Waals surface area contributed by atoms with Gasteiger partial charge in [-0.3, -0.25) is 4.79 Å². The van der Waals surface area contributed by atoms with Crippen LogP contribution in [0.5, 0.6) is 17.2 Å². The third-order valence-electron chi connectivity index (χ3n) is 3.59. The highest BCUT2D eigenvalue weighted by Crippen LogP contribution is 2.27. The Bertz CT molecular complexity index is 798. The summed E-state index contributed by atoms with van der Waals surface area (Å²) in [7, 11) is 3.12. The van der Waals surface area contributed by atoms with Crippen molar-refractivity contribution in [3.05, 3.63) is 52.0 Å². The summed E-state index contributed by atoms with van der Waals surface area (Å²) in [6.07, 6.45) is 1.51. The molecule has 0 spiro atoms. The van der Waals surface area contributed by atoms with Crippen LogP contribution < -0.4 is 19.6 Å². The number of halogens is 1. The summed E-state index contributed by atoms with van der Waals surface area (Å²) < 4.78 is 15.9. The van der Waals surface area contributed by atoms with Gasteiger partial charge >= 0.3 is 0 Å². The van der Waals surface area contributed by atoms with Crippen LogP contribution in [-0.2, 0) is 4.79 Å². The van der Waals surface area contributed by atoms with Crippen molar-refractivity contribution < 1.29 is 19.0 Å². The summed E-state index contributed by atoms with van der Waals surface area (Å²) in [6.45, 7) is 3.62. The lowest BCUT2D eigenvalue weighted by molar-refractivity contribution is -0.123. The molecule has 0 saturated carbocycles. The summed E-state index contributed by atoms with van der Waals surface area (Å²) in [5.74, 6) is 1.42. The van der Waals surface area contributed by atoms with E-state index < -0.39 is 0 Å². The smallest absolute Gasteiger partial charge is 0.277 e. The topological polar surface area (TPSA) is 69.2 Å². The van der Waals surface area contributed by atoms with E-state index >= 15 is 0 Å². The maximum absolute atomic E-state index is 11.8. The number of benzene rings is 2. The number of ether oxygens (including phenoxy) is 3. The van der Waals surface area contributed by atoms with Gasteiger partial charge in [-0.2, -0.15) is 5.10 Å². The van der Waals surface area contributed by atoms with Crippen molar-refractivity contribution in [3.63, 3.8) is 0 Å². The molecule has 0 saturated heterocycles. The van der Waals surface area contributed by atoms with Gasteiger partial charge in [-0.25, -0.2) is 5.43 Å². The fraction of sp³-hybridized carbons (Fsp3) is 0.263. The predicted molar refractivity (Wildman–Crippen MR) is 102 cm³/mol. The molecule has 0 radical (unpaired) electrons. The third-order valence-corrected chi connectivity index (χ3v) is 4.19. The van der Waals surface area contributed by atoms with Crippen LogP contribution in [0.1, 0.15) is 16.7 Å². The number of hydrazone groups is 1. The van der Waals surface area contributed by atoms with E-state index in [1.807, 2.05) is 13.8 Å². The second kappa shape index (κ2) is 9.10. The van der Waals surface area contributed by atoms with Crippen molar-refractivity contribution in [2.24, 2.45) is 5.10 Å². The maximum atomic E-state index is 11.8. The minimum Gasteiger partial charge on any atom is -0.493 e. The lowest BCUT2D eigenvalue weighted by Crippen LogP contribution is -2.24. The Hall–Kier alpha value is -2.73. The molecule has 0 heterocycles. The van der Waals surface area contributed by atoms with Gasteiger partial charge in [0.2, 0.25) is 0 Å². The Labute approximate surface area is 157 Å². The van der Waals surface area contributed by atoms with E-state index in [4.69, 9.17) is 25.8 Å². The molecule has 0 atom stereocenters. The normalized spacial score (nSPS) is 10.7. The number of nitrogens with one attached hydrogen (secondary N) is 1. The van der Waals surface area contributed by atoms with Crippen LogP contribution in [0.3, 0.4) is 0 Å². The summed E-state index contributed by atoms with van der Waals surface area (Å²) in [6, 6.07) is 8.89. The molecule has 6 nitrogen and oxygen atoms in total. The number of carbonyl (C=O) groups is 1. The molecule has 2 rings (SSSR count). The number of hydrogen-bond acceptors (Lipinski definition) is 5. The number of carbonyl (C=O) groups excluding carboxylic acids is 1. The number of hydrogen-bond donors (Lipinski definition) is 1. The third kappa shape index (κ3) is 5.13. The molecule has 138 valence electrons. The van der Waals surface area contributed by atoms with Crippen LogP contribution in [0.2, 0.25) is 5.02 Å². The van der Waals surface area contributed by atoms with Gasteiger partial charge < -0.3 is 14.2 Å². The summed E-state index contributed by atoms with van der Waals surface area (Å²) in [5, 5.41) is 4.61. The number of rotatable bonds is 7. The van der Waals surface area contributed by atoms with E-state index in [1.165, 1.54) is 6.21 Å². The molecular formula is C19H21ClN2O4. The molecule has 0 aromatic heterocycles. The quantitative estimate of drug-likeness (QED) is 0.593. The summed E-state index contributed by atoms with van der Waals surface area (Å²) in [5.41, 5.74) is 4.97. The van der Waals surface area contributed by atoms with Crippen LogP contribution in [0, 0.1) is 13.8 Å². The molecule has 2 aromatic carbocycles. The highest BCUT2D eigenvalue weighted by molar-refractivity contribution is 6.32. The van der Waals surface area contributed by atoms with Crippen molar-refractivity contribution in [1.82, 2.24) is 5.43 Å². The summed E-state index contributed by atoms with van der Waals surface area (Å²) >= 11 is 6.11. The first-order valence-corrected chi connectivity index (χ1v) is 8.26. The van der Waals surface area contributed by atoms with E-state index in [9.17, 15) is 4.79 Å². The van der Waals surface area contributed by atoms with Gasteiger partial charge in [0.15, 0.2) is 18.1 Å². The molecule has 0 aliphatic carbocycles. The van der Waals surface area contributed by atoms with Gasteiger partial charge in [0.25, 0.3) is 5.91 Å². The number of aryl methyl sites for hydroxylation is 2. The predicted octanol–water partition coefficient (Wildman–Crippen LogP) is 3.50. The van der Waals surface area contributed by atoms with E-state index in [0.717, 1.165) is 16.7 Å².